The summed E-state index contributed by atoms with van der Waals surface area (Å²) in [5.41, 5.74) is 6.08. The van der Waals surface area contributed by atoms with Crippen LogP contribution in [0.5, 0.6) is 0 Å². The Kier molecular flexibility index (Phi) is 4.09. The fraction of sp³-hybridized carbons (Fsp3) is 1.00. The molecular formula is C10H23N. The molecule has 1 heteroatoms. The summed E-state index contributed by atoms with van der Waals surface area (Å²) in [4.78, 5) is 0. The van der Waals surface area contributed by atoms with Crippen LogP contribution < -0.4 is 5.73 Å². The summed E-state index contributed by atoms with van der Waals surface area (Å²) in [5.74, 6) is 1.41. The van der Waals surface area contributed by atoms with Gasteiger partial charge in [0.1, 0.15) is 0 Å². The van der Waals surface area contributed by atoms with Gasteiger partial charge in [-0.3, -0.25) is 0 Å². The van der Waals surface area contributed by atoms with Crippen LogP contribution >= 0.6 is 0 Å². The third-order valence-electron chi connectivity index (χ3n) is 2.90. The van der Waals surface area contributed by atoms with Gasteiger partial charge in [0.05, 0.1) is 0 Å². The summed E-state index contributed by atoms with van der Waals surface area (Å²) >= 11 is 0. The van der Waals surface area contributed by atoms with E-state index >= 15 is 0 Å². The Morgan fingerprint density at radius 2 is 1.73 bits per heavy atom. The molecule has 0 saturated carbocycles. The highest BCUT2D eigenvalue weighted by atomic mass is 14.6. The zero-order chi connectivity index (χ0) is 9.07. The number of rotatable bonds is 3. The van der Waals surface area contributed by atoms with Crippen molar-refractivity contribution in [2.24, 2.45) is 23.0 Å². The van der Waals surface area contributed by atoms with E-state index in [-0.39, 0.29) is 0 Å². The van der Waals surface area contributed by atoms with E-state index in [1.165, 1.54) is 6.42 Å². The van der Waals surface area contributed by atoms with Crippen molar-refractivity contribution in [2.45, 2.75) is 41.0 Å². The van der Waals surface area contributed by atoms with Crippen LogP contribution in [0.4, 0.5) is 0 Å². The molecule has 0 fully saturated rings. The third kappa shape index (κ3) is 3.24. The Bertz CT molecular complexity index is 97.9. The average Bonchev–Trinajstić information content (AvgIpc) is 1.88. The predicted molar refractivity (Wildman–Crippen MR) is 51.5 cm³/mol. The highest BCUT2D eigenvalue weighted by Crippen LogP contribution is 2.32. The average molecular weight is 157 g/mol. The van der Waals surface area contributed by atoms with E-state index in [2.05, 4.69) is 34.6 Å². The second kappa shape index (κ2) is 4.10. The van der Waals surface area contributed by atoms with E-state index in [1.54, 1.807) is 0 Å². The molecule has 0 spiro atoms. The number of hydrogen-bond donors (Lipinski definition) is 1. The van der Waals surface area contributed by atoms with Gasteiger partial charge in [0.15, 0.2) is 0 Å². The van der Waals surface area contributed by atoms with Crippen molar-refractivity contribution in [3.63, 3.8) is 0 Å². The molecule has 2 atom stereocenters. The highest BCUT2D eigenvalue weighted by molar-refractivity contribution is 4.76. The second-order valence-electron chi connectivity index (χ2n) is 4.56. The summed E-state index contributed by atoms with van der Waals surface area (Å²) in [6, 6.07) is 0. The van der Waals surface area contributed by atoms with Crippen LogP contribution in [0.2, 0.25) is 0 Å². The minimum absolute atomic E-state index is 0.403. The molecule has 11 heavy (non-hydrogen) atoms. The fourth-order valence-electron chi connectivity index (χ4n) is 1.43. The summed E-state index contributed by atoms with van der Waals surface area (Å²) in [5, 5.41) is 0. The van der Waals surface area contributed by atoms with Gasteiger partial charge in [0.25, 0.3) is 0 Å². The molecule has 2 unspecified atom stereocenters. The molecule has 1 nitrogen and oxygen atoms in total. The van der Waals surface area contributed by atoms with Gasteiger partial charge >= 0.3 is 0 Å². The maximum atomic E-state index is 5.68. The quantitative estimate of drug-likeness (QED) is 0.669. The Morgan fingerprint density at radius 3 is 1.82 bits per heavy atom. The van der Waals surface area contributed by atoms with Gasteiger partial charge in [-0.2, -0.15) is 0 Å². The van der Waals surface area contributed by atoms with Crippen molar-refractivity contribution >= 4 is 0 Å². The Labute approximate surface area is 71.4 Å². The lowest BCUT2D eigenvalue weighted by molar-refractivity contribution is 0.176. The summed E-state index contributed by atoms with van der Waals surface area (Å²) in [7, 11) is 0. The van der Waals surface area contributed by atoms with E-state index in [1.807, 2.05) is 0 Å². The summed E-state index contributed by atoms with van der Waals surface area (Å²) < 4.78 is 0. The van der Waals surface area contributed by atoms with Gasteiger partial charge in [0.2, 0.25) is 0 Å². The van der Waals surface area contributed by atoms with Crippen molar-refractivity contribution in [3.8, 4) is 0 Å². The molecule has 0 aliphatic rings. The zero-order valence-corrected chi connectivity index (χ0v) is 8.65. The molecule has 0 heterocycles. The molecule has 0 radical (unpaired) electrons. The first kappa shape index (κ1) is 11.0. The lowest BCUT2D eigenvalue weighted by atomic mass is 9.73. The number of nitrogens with two attached hydrogens (primary N) is 1. The van der Waals surface area contributed by atoms with Crippen LogP contribution in [0, 0.1) is 17.3 Å². The molecule has 0 saturated heterocycles. The minimum atomic E-state index is 0.403. The lowest BCUT2D eigenvalue weighted by Gasteiger charge is -2.33. The topological polar surface area (TPSA) is 26.0 Å². The molecule has 0 aromatic rings. The molecule has 0 aromatic heterocycles. The molecule has 0 bridgehead atoms. The van der Waals surface area contributed by atoms with Gasteiger partial charge in [-0.1, -0.05) is 41.0 Å². The molecule has 68 valence electrons. The predicted octanol–water partition coefficient (Wildman–Crippen LogP) is 2.65. The van der Waals surface area contributed by atoms with Crippen molar-refractivity contribution in [1.82, 2.24) is 0 Å². The molecular weight excluding hydrogens is 134 g/mol. The first-order valence-corrected chi connectivity index (χ1v) is 4.63. The van der Waals surface area contributed by atoms with Crippen molar-refractivity contribution < 1.29 is 0 Å². The van der Waals surface area contributed by atoms with Crippen LogP contribution in [0.15, 0.2) is 0 Å². The fourth-order valence-corrected chi connectivity index (χ4v) is 1.43. The van der Waals surface area contributed by atoms with Crippen molar-refractivity contribution in [1.29, 1.82) is 0 Å². The van der Waals surface area contributed by atoms with E-state index in [9.17, 15) is 0 Å². The minimum Gasteiger partial charge on any atom is -0.330 e. The van der Waals surface area contributed by atoms with Crippen molar-refractivity contribution in [3.05, 3.63) is 0 Å². The molecule has 0 rings (SSSR count). The summed E-state index contributed by atoms with van der Waals surface area (Å²) in [6.45, 7) is 12.2. The molecule has 0 aliphatic heterocycles. The Hall–Kier alpha value is -0.0400. The van der Waals surface area contributed by atoms with E-state index in [0.29, 0.717) is 11.3 Å². The third-order valence-corrected chi connectivity index (χ3v) is 2.90. The van der Waals surface area contributed by atoms with Gasteiger partial charge < -0.3 is 5.73 Å². The highest BCUT2D eigenvalue weighted by Gasteiger charge is 2.25. The standard InChI is InChI=1S/C10H23N/c1-6-9(7-11)8(2)10(3,4)5/h8-9H,6-7,11H2,1-5H3. The van der Waals surface area contributed by atoms with E-state index in [0.717, 1.165) is 12.5 Å². The molecule has 0 aliphatic carbocycles. The zero-order valence-electron chi connectivity index (χ0n) is 8.65. The number of hydrogen-bond acceptors (Lipinski definition) is 1. The van der Waals surface area contributed by atoms with E-state index in [4.69, 9.17) is 5.73 Å². The van der Waals surface area contributed by atoms with Gasteiger partial charge in [-0.05, 0) is 23.8 Å². The second-order valence-corrected chi connectivity index (χ2v) is 4.56. The molecule has 0 aromatic carbocycles. The molecule has 2 N–H and O–H groups in total. The maximum Gasteiger partial charge on any atom is -0.00462 e. The maximum absolute atomic E-state index is 5.68. The van der Waals surface area contributed by atoms with Crippen LogP contribution in [0.3, 0.4) is 0 Å². The van der Waals surface area contributed by atoms with Crippen LogP contribution in [-0.4, -0.2) is 6.54 Å². The smallest absolute Gasteiger partial charge is 0.00462 e. The molecule has 0 amide bonds. The summed E-state index contributed by atoms with van der Waals surface area (Å²) in [6.07, 6.45) is 1.20. The van der Waals surface area contributed by atoms with E-state index < -0.39 is 0 Å². The van der Waals surface area contributed by atoms with Crippen LogP contribution in [-0.2, 0) is 0 Å². The Morgan fingerprint density at radius 1 is 1.27 bits per heavy atom. The van der Waals surface area contributed by atoms with Gasteiger partial charge in [-0.25, -0.2) is 0 Å². The first-order valence-electron chi connectivity index (χ1n) is 4.63. The van der Waals surface area contributed by atoms with Crippen LogP contribution in [0.1, 0.15) is 41.0 Å². The first-order chi connectivity index (χ1) is 4.93. The largest absolute Gasteiger partial charge is 0.330 e. The van der Waals surface area contributed by atoms with Crippen LogP contribution in [0.25, 0.3) is 0 Å². The normalized spacial score (nSPS) is 18.0. The monoisotopic (exact) mass is 157 g/mol. The Balaban J connectivity index is 4.09. The van der Waals surface area contributed by atoms with Crippen molar-refractivity contribution in [2.75, 3.05) is 6.54 Å². The lowest BCUT2D eigenvalue weighted by Crippen LogP contribution is -2.30. The SMILES string of the molecule is CCC(CN)C(C)C(C)(C)C. The van der Waals surface area contributed by atoms with Gasteiger partial charge in [0, 0.05) is 0 Å². The van der Waals surface area contributed by atoms with Gasteiger partial charge in [-0.15, -0.1) is 0 Å².